The minimum absolute atomic E-state index is 0.442. The number of nitrogens with zero attached hydrogens (tertiary/aromatic N) is 1. The van der Waals surface area contributed by atoms with Gasteiger partial charge in [-0.15, -0.1) is 0 Å². The highest BCUT2D eigenvalue weighted by molar-refractivity contribution is 5.84. The third kappa shape index (κ3) is 2.69. The molecule has 0 bridgehead atoms. The molecule has 0 saturated carbocycles. The zero-order valence-electron chi connectivity index (χ0n) is 11.0. The van der Waals surface area contributed by atoms with E-state index in [4.69, 9.17) is 0 Å². The van der Waals surface area contributed by atoms with Crippen LogP contribution in [0, 0.1) is 0 Å². The molecule has 0 radical (unpaired) electrons. The summed E-state index contributed by atoms with van der Waals surface area (Å²) in [5, 5.41) is 12.7. The maximum Gasteiger partial charge on any atom is 0.0848 e. The lowest BCUT2D eigenvalue weighted by Gasteiger charge is -2.18. The van der Waals surface area contributed by atoms with Crippen LogP contribution >= 0.6 is 0 Å². The summed E-state index contributed by atoms with van der Waals surface area (Å²) >= 11 is 0. The minimum atomic E-state index is -0.442. The molecular formula is C17H19NO. The van der Waals surface area contributed by atoms with E-state index in [9.17, 15) is 5.11 Å². The fraction of sp³-hybridized carbons (Fsp3) is 0.353. The summed E-state index contributed by atoms with van der Waals surface area (Å²) in [5.41, 5.74) is 2.34. The molecule has 1 N–H and O–H groups in total. The van der Waals surface area contributed by atoms with Gasteiger partial charge in [0.2, 0.25) is 0 Å². The van der Waals surface area contributed by atoms with Crippen molar-refractivity contribution in [2.75, 3.05) is 0 Å². The molecule has 1 aromatic heterocycles. The van der Waals surface area contributed by atoms with Crippen molar-refractivity contribution in [2.24, 2.45) is 0 Å². The van der Waals surface area contributed by atoms with E-state index in [1.165, 1.54) is 18.4 Å². The van der Waals surface area contributed by atoms with E-state index in [1.807, 2.05) is 24.4 Å². The van der Waals surface area contributed by atoms with Gasteiger partial charge in [-0.25, -0.2) is 0 Å². The topological polar surface area (TPSA) is 33.1 Å². The number of aromatic nitrogens is 1. The molecule has 1 aliphatic carbocycles. The third-order valence-electron chi connectivity index (χ3n) is 3.90. The number of pyridine rings is 1. The molecule has 1 aromatic carbocycles. The molecule has 1 heterocycles. The van der Waals surface area contributed by atoms with Gasteiger partial charge in [-0.05, 0) is 37.5 Å². The number of hydrogen-bond donors (Lipinski definition) is 1. The molecule has 0 spiro atoms. The number of benzene rings is 1. The summed E-state index contributed by atoms with van der Waals surface area (Å²) in [7, 11) is 0. The molecule has 3 rings (SSSR count). The number of allylic oxidation sites excluding steroid dienone is 1. The lowest BCUT2D eigenvalue weighted by Crippen LogP contribution is -2.03. The number of aliphatic hydroxyl groups is 1. The van der Waals surface area contributed by atoms with Crippen molar-refractivity contribution in [3.05, 3.63) is 53.9 Å². The van der Waals surface area contributed by atoms with Crippen molar-refractivity contribution >= 4 is 10.8 Å². The lowest BCUT2D eigenvalue weighted by molar-refractivity contribution is 0.177. The Bertz CT molecular complexity index is 598. The fourth-order valence-electron chi connectivity index (χ4n) is 2.85. The van der Waals surface area contributed by atoms with Crippen LogP contribution in [0.4, 0.5) is 0 Å². The summed E-state index contributed by atoms with van der Waals surface area (Å²) in [6.07, 6.45) is 11.1. The highest BCUT2D eigenvalue weighted by Gasteiger charge is 2.14. The Hall–Kier alpha value is -1.67. The fourth-order valence-corrected chi connectivity index (χ4v) is 2.85. The van der Waals surface area contributed by atoms with Gasteiger partial charge in [0.05, 0.1) is 6.10 Å². The predicted molar refractivity (Wildman–Crippen MR) is 77.9 cm³/mol. The highest BCUT2D eigenvalue weighted by atomic mass is 16.3. The lowest BCUT2D eigenvalue weighted by atomic mass is 9.92. The van der Waals surface area contributed by atoms with Gasteiger partial charge in [0.15, 0.2) is 0 Å². The maximum atomic E-state index is 10.5. The first kappa shape index (κ1) is 12.4. The average molecular weight is 253 g/mol. The Morgan fingerprint density at radius 3 is 2.89 bits per heavy atom. The van der Waals surface area contributed by atoms with Crippen LogP contribution in [0.15, 0.2) is 48.3 Å². The van der Waals surface area contributed by atoms with Crippen LogP contribution in [0.1, 0.15) is 43.8 Å². The molecule has 0 saturated heterocycles. The van der Waals surface area contributed by atoms with E-state index >= 15 is 0 Å². The second-order valence-electron chi connectivity index (χ2n) is 5.28. The summed E-state index contributed by atoms with van der Waals surface area (Å²) in [6.45, 7) is 0. The Morgan fingerprint density at radius 1 is 1.16 bits per heavy atom. The normalized spacial score (nSPS) is 17.2. The van der Waals surface area contributed by atoms with Gasteiger partial charge in [-0.1, -0.05) is 35.9 Å². The van der Waals surface area contributed by atoms with Crippen molar-refractivity contribution < 1.29 is 5.11 Å². The third-order valence-corrected chi connectivity index (χ3v) is 3.90. The number of rotatable bonds is 3. The van der Waals surface area contributed by atoms with Crippen molar-refractivity contribution in [3.63, 3.8) is 0 Å². The van der Waals surface area contributed by atoms with E-state index in [0.29, 0.717) is 0 Å². The van der Waals surface area contributed by atoms with Crippen molar-refractivity contribution in [1.29, 1.82) is 0 Å². The van der Waals surface area contributed by atoms with Gasteiger partial charge in [0.1, 0.15) is 0 Å². The van der Waals surface area contributed by atoms with Crippen LogP contribution in [-0.4, -0.2) is 10.1 Å². The van der Waals surface area contributed by atoms with Gasteiger partial charge >= 0.3 is 0 Å². The zero-order valence-corrected chi connectivity index (χ0v) is 11.0. The van der Waals surface area contributed by atoms with Gasteiger partial charge in [-0.2, -0.15) is 0 Å². The average Bonchev–Trinajstić information content (AvgIpc) is 2.47. The monoisotopic (exact) mass is 253 g/mol. The van der Waals surface area contributed by atoms with Crippen LogP contribution < -0.4 is 0 Å². The van der Waals surface area contributed by atoms with Gasteiger partial charge in [0.25, 0.3) is 0 Å². The first-order valence-electron chi connectivity index (χ1n) is 7.03. The van der Waals surface area contributed by atoms with Crippen molar-refractivity contribution in [1.82, 2.24) is 4.98 Å². The van der Waals surface area contributed by atoms with E-state index in [-0.39, 0.29) is 0 Å². The summed E-state index contributed by atoms with van der Waals surface area (Å²) in [4.78, 5) is 4.25. The van der Waals surface area contributed by atoms with Gasteiger partial charge in [-0.3, -0.25) is 4.98 Å². The molecule has 2 aromatic rings. The molecule has 1 unspecified atom stereocenters. The van der Waals surface area contributed by atoms with Crippen molar-refractivity contribution in [2.45, 2.75) is 38.2 Å². The molecule has 2 nitrogen and oxygen atoms in total. The summed E-state index contributed by atoms with van der Waals surface area (Å²) in [6, 6.07) is 8.12. The molecule has 1 aliphatic rings. The summed E-state index contributed by atoms with van der Waals surface area (Å²) < 4.78 is 0. The second-order valence-corrected chi connectivity index (χ2v) is 5.28. The molecule has 0 fully saturated rings. The first-order valence-corrected chi connectivity index (χ1v) is 7.03. The standard InChI is InChI=1S/C17H19NO/c19-17(10-13-6-2-1-3-7-13)16-12-18-11-14-8-4-5-9-15(14)16/h4-6,8-9,11-12,17,19H,1-3,7,10H2. The summed E-state index contributed by atoms with van der Waals surface area (Å²) in [5.74, 6) is 0. The molecule has 98 valence electrons. The maximum absolute atomic E-state index is 10.5. The largest absolute Gasteiger partial charge is 0.388 e. The van der Waals surface area contributed by atoms with Crippen LogP contribution in [0.5, 0.6) is 0 Å². The first-order chi connectivity index (χ1) is 9.34. The molecule has 0 aliphatic heterocycles. The van der Waals surface area contributed by atoms with Crippen LogP contribution in [0.2, 0.25) is 0 Å². The quantitative estimate of drug-likeness (QED) is 0.833. The van der Waals surface area contributed by atoms with E-state index < -0.39 is 6.10 Å². The molecule has 2 heteroatoms. The Kier molecular flexibility index (Phi) is 3.60. The molecular weight excluding hydrogens is 234 g/mol. The Balaban J connectivity index is 1.88. The van der Waals surface area contributed by atoms with E-state index in [2.05, 4.69) is 17.1 Å². The zero-order chi connectivity index (χ0) is 13.1. The van der Waals surface area contributed by atoms with Gasteiger partial charge < -0.3 is 5.11 Å². The van der Waals surface area contributed by atoms with Crippen LogP contribution in [0.25, 0.3) is 10.8 Å². The molecule has 19 heavy (non-hydrogen) atoms. The smallest absolute Gasteiger partial charge is 0.0848 e. The predicted octanol–water partition coefficient (Wildman–Crippen LogP) is 4.16. The Labute approximate surface area is 113 Å². The number of aliphatic hydroxyl groups excluding tert-OH is 1. The molecule has 0 amide bonds. The number of hydrogen-bond acceptors (Lipinski definition) is 2. The van der Waals surface area contributed by atoms with Crippen molar-refractivity contribution in [3.8, 4) is 0 Å². The Morgan fingerprint density at radius 2 is 2.05 bits per heavy atom. The van der Waals surface area contributed by atoms with Crippen LogP contribution in [0.3, 0.4) is 0 Å². The number of fused-ring (bicyclic) bond motifs is 1. The van der Waals surface area contributed by atoms with Gasteiger partial charge in [0, 0.05) is 23.3 Å². The highest BCUT2D eigenvalue weighted by Crippen LogP contribution is 2.30. The van der Waals surface area contributed by atoms with E-state index in [0.717, 1.165) is 35.6 Å². The molecule has 1 atom stereocenters. The second kappa shape index (κ2) is 5.54. The van der Waals surface area contributed by atoms with E-state index in [1.54, 1.807) is 6.20 Å². The van der Waals surface area contributed by atoms with Crippen LogP contribution in [-0.2, 0) is 0 Å². The minimum Gasteiger partial charge on any atom is -0.388 e. The SMILES string of the molecule is OC(CC1=CCCCC1)c1cncc2ccccc12.